The molecule has 0 saturated carbocycles. The molecule has 0 radical (unpaired) electrons. The van der Waals surface area contributed by atoms with Crippen LogP contribution in [0.4, 0.5) is 5.82 Å². The Morgan fingerprint density at radius 3 is 2.50 bits per heavy atom. The summed E-state index contributed by atoms with van der Waals surface area (Å²) in [5, 5.41) is 6.89. The van der Waals surface area contributed by atoms with Gasteiger partial charge in [-0.1, -0.05) is 48.5 Å². The standard InChI is InChI=1S/C18H19N3O/c19-18-12-16(20-21-18)11-10-15-8-4-5-9-17(15)22-13-14-6-2-1-3-7-14/h1-9,12H,10-11,13H2,(H3,19,20,21). The van der Waals surface area contributed by atoms with Crippen molar-refractivity contribution in [2.24, 2.45) is 0 Å². The molecule has 3 aromatic rings. The second kappa shape index (κ2) is 6.80. The molecule has 1 heterocycles. The van der Waals surface area contributed by atoms with Crippen LogP contribution in [0.1, 0.15) is 16.8 Å². The fourth-order valence-corrected chi connectivity index (χ4v) is 2.36. The minimum atomic E-state index is 0.531. The van der Waals surface area contributed by atoms with E-state index in [2.05, 4.69) is 28.4 Å². The van der Waals surface area contributed by atoms with Crippen LogP contribution in [-0.4, -0.2) is 10.2 Å². The number of nitrogens with zero attached hydrogens (tertiary/aromatic N) is 1. The Labute approximate surface area is 129 Å². The number of nitrogens with one attached hydrogen (secondary N) is 1. The summed E-state index contributed by atoms with van der Waals surface area (Å²) < 4.78 is 5.97. The summed E-state index contributed by atoms with van der Waals surface area (Å²) >= 11 is 0. The Morgan fingerprint density at radius 2 is 1.73 bits per heavy atom. The summed E-state index contributed by atoms with van der Waals surface area (Å²) in [7, 11) is 0. The highest BCUT2D eigenvalue weighted by Crippen LogP contribution is 2.21. The van der Waals surface area contributed by atoms with Crippen LogP contribution in [0.3, 0.4) is 0 Å². The third-order valence-corrected chi connectivity index (χ3v) is 3.52. The van der Waals surface area contributed by atoms with E-state index < -0.39 is 0 Å². The van der Waals surface area contributed by atoms with Gasteiger partial charge in [0.2, 0.25) is 0 Å². The number of aryl methyl sites for hydroxylation is 2. The average molecular weight is 293 g/mol. The zero-order valence-electron chi connectivity index (χ0n) is 12.3. The van der Waals surface area contributed by atoms with Crippen molar-refractivity contribution in [2.75, 3.05) is 5.73 Å². The Balaban J connectivity index is 1.64. The van der Waals surface area contributed by atoms with Crippen molar-refractivity contribution in [1.29, 1.82) is 0 Å². The zero-order chi connectivity index (χ0) is 15.2. The molecule has 0 aliphatic heterocycles. The molecule has 0 saturated heterocycles. The molecule has 3 N–H and O–H groups in total. The molecule has 4 heteroatoms. The van der Waals surface area contributed by atoms with Gasteiger partial charge in [-0.3, -0.25) is 5.10 Å². The van der Waals surface area contributed by atoms with Gasteiger partial charge in [0.1, 0.15) is 18.2 Å². The van der Waals surface area contributed by atoms with Crippen molar-refractivity contribution in [2.45, 2.75) is 19.4 Å². The Bertz CT molecular complexity index is 722. The monoisotopic (exact) mass is 293 g/mol. The molecule has 1 aromatic heterocycles. The van der Waals surface area contributed by atoms with Crippen molar-refractivity contribution in [3.8, 4) is 5.75 Å². The summed E-state index contributed by atoms with van der Waals surface area (Å²) in [6.07, 6.45) is 1.74. The molecule has 4 nitrogen and oxygen atoms in total. The van der Waals surface area contributed by atoms with Crippen LogP contribution in [-0.2, 0) is 19.4 Å². The van der Waals surface area contributed by atoms with Crippen LogP contribution < -0.4 is 10.5 Å². The smallest absolute Gasteiger partial charge is 0.145 e. The molecule has 0 amide bonds. The zero-order valence-corrected chi connectivity index (χ0v) is 12.3. The largest absolute Gasteiger partial charge is 0.489 e. The number of para-hydroxylation sites is 1. The number of rotatable bonds is 6. The summed E-state index contributed by atoms with van der Waals surface area (Å²) in [6, 6.07) is 20.2. The molecule has 0 aliphatic rings. The fraction of sp³-hybridized carbons (Fsp3) is 0.167. The SMILES string of the molecule is Nc1cc(CCc2ccccc2OCc2ccccc2)[nH]n1. The van der Waals surface area contributed by atoms with Crippen LogP contribution in [0.15, 0.2) is 60.7 Å². The van der Waals surface area contributed by atoms with Gasteiger partial charge in [-0.15, -0.1) is 0 Å². The predicted octanol–water partition coefficient (Wildman–Crippen LogP) is 3.36. The van der Waals surface area contributed by atoms with Gasteiger partial charge in [0, 0.05) is 11.8 Å². The molecule has 112 valence electrons. The normalized spacial score (nSPS) is 10.5. The second-order valence-corrected chi connectivity index (χ2v) is 5.20. The summed E-state index contributed by atoms with van der Waals surface area (Å²) in [6.45, 7) is 0.578. The molecule has 0 aliphatic carbocycles. The first kappa shape index (κ1) is 14.2. The van der Waals surface area contributed by atoms with E-state index in [0.29, 0.717) is 12.4 Å². The Hall–Kier alpha value is -2.75. The third-order valence-electron chi connectivity index (χ3n) is 3.52. The maximum Gasteiger partial charge on any atom is 0.145 e. The number of hydrogen-bond acceptors (Lipinski definition) is 3. The van der Waals surface area contributed by atoms with Gasteiger partial charge in [0.25, 0.3) is 0 Å². The summed E-state index contributed by atoms with van der Waals surface area (Å²) in [4.78, 5) is 0. The van der Waals surface area contributed by atoms with Gasteiger partial charge in [-0.25, -0.2) is 0 Å². The van der Waals surface area contributed by atoms with Crippen LogP contribution in [0.5, 0.6) is 5.75 Å². The summed E-state index contributed by atoms with van der Waals surface area (Å²) in [5.41, 5.74) is 9.01. The van der Waals surface area contributed by atoms with Gasteiger partial charge < -0.3 is 10.5 Å². The maximum atomic E-state index is 5.97. The molecule has 22 heavy (non-hydrogen) atoms. The Morgan fingerprint density at radius 1 is 0.955 bits per heavy atom. The third kappa shape index (κ3) is 3.67. The first-order chi connectivity index (χ1) is 10.8. The van der Waals surface area contributed by atoms with Crippen LogP contribution >= 0.6 is 0 Å². The van der Waals surface area contributed by atoms with E-state index in [1.807, 2.05) is 42.5 Å². The second-order valence-electron chi connectivity index (χ2n) is 5.20. The molecular formula is C18H19N3O. The van der Waals surface area contributed by atoms with Crippen LogP contribution in [0.25, 0.3) is 0 Å². The van der Waals surface area contributed by atoms with E-state index >= 15 is 0 Å². The van der Waals surface area contributed by atoms with Crippen molar-refractivity contribution < 1.29 is 4.74 Å². The minimum absolute atomic E-state index is 0.531. The van der Waals surface area contributed by atoms with Crippen molar-refractivity contribution in [1.82, 2.24) is 10.2 Å². The maximum absolute atomic E-state index is 5.97. The van der Waals surface area contributed by atoms with Crippen molar-refractivity contribution in [3.63, 3.8) is 0 Å². The highest BCUT2D eigenvalue weighted by molar-refractivity contribution is 5.35. The number of hydrogen-bond donors (Lipinski definition) is 2. The molecule has 2 aromatic carbocycles. The lowest BCUT2D eigenvalue weighted by atomic mass is 10.1. The molecule has 0 bridgehead atoms. The van der Waals surface area contributed by atoms with E-state index in [4.69, 9.17) is 10.5 Å². The molecule has 0 atom stereocenters. The summed E-state index contributed by atoms with van der Waals surface area (Å²) in [5.74, 6) is 1.46. The number of H-pyrrole nitrogens is 1. The first-order valence-electron chi connectivity index (χ1n) is 7.35. The van der Waals surface area contributed by atoms with E-state index in [0.717, 1.165) is 24.3 Å². The topological polar surface area (TPSA) is 63.9 Å². The Kier molecular flexibility index (Phi) is 4.39. The molecule has 0 unspecified atom stereocenters. The van der Waals surface area contributed by atoms with Gasteiger partial charge >= 0.3 is 0 Å². The van der Waals surface area contributed by atoms with Gasteiger partial charge in [-0.05, 0) is 30.0 Å². The minimum Gasteiger partial charge on any atom is -0.489 e. The number of aromatic amines is 1. The van der Waals surface area contributed by atoms with E-state index in [1.165, 1.54) is 11.1 Å². The van der Waals surface area contributed by atoms with E-state index in [9.17, 15) is 0 Å². The fourth-order valence-electron chi connectivity index (χ4n) is 2.36. The quantitative estimate of drug-likeness (QED) is 0.732. The number of ether oxygens (including phenoxy) is 1. The number of aromatic nitrogens is 2. The number of benzene rings is 2. The molecule has 0 fully saturated rings. The van der Waals surface area contributed by atoms with Gasteiger partial charge in [-0.2, -0.15) is 5.10 Å². The van der Waals surface area contributed by atoms with Crippen LogP contribution in [0.2, 0.25) is 0 Å². The predicted molar refractivity (Wildman–Crippen MR) is 87.6 cm³/mol. The van der Waals surface area contributed by atoms with E-state index in [-0.39, 0.29) is 0 Å². The van der Waals surface area contributed by atoms with E-state index in [1.54, 1.807) is 0 Å². The molecular weight excluding hydrogens is 274 g/mol. The van der Waals surface area contributed by atoms with Crippen molar-refractivity contribution in [3.05, 3.63) is 77.5 Å². The number of anilines is 1. The van der Waals surface area contributed by atoms with Gasteiger partial charge in [0.15, 0.2) is 0 Å². The van der Waals surface area contributed by atoms with Crippen LogP contribution in [0, 0.1) is 0 Å². The van der Waals surface area contributed by atoms with Gasteiger partial charge in [0.05, 0.1) is 0 Å². The number of nitrogens with two attached hydrogens (primary N) is 1. The highest BCUT2D eigenvalue weighted by Gasteiger charge is 2.05. The molecule has 0 spiro atoms. The van der Waals surface area contributed by atoms with Crippen molar-refractivity contribution >= 4 is 5.82 Å². The lowest BCUT2D eigenvalue weighted by Crippen LogP contribution is -2.00. The first-order valence-corrected chi connectivity index (χ1v) is 7.35. The lowest BCUT2D eigenvalue weighted by Gasteiger charge is -2.11. The average Bonchev–Trinajstić information content (AvgIpc) is 2.98. The molecule has 3 rings (SSSR count). The number of nitrogen functional groups attached to an aromatic ring is 1. The highest BCUT2D eigenvalue weighted by atomic mass is 16.5. The lowest BCUT2D eigenvalue weighted by molar-refractivity contribution is 0.303.